The lowest BCUT2D eigenvalue weighted by Crippen LogP contribution is -2.60. The van der Waals surface area contributed by atoms with E-state index < -0.39 is 22.7 Å². The predicted octanol–water partition coefficient (Wildman–Crippen LogP) is -8.09. The van der Waals surface area contributed by atoms with Gasteiger partial charge in [0.15, 0.2) is 15.7 Å². The number of carbonyl (C=O) groups excluding carboxylic acids is 4. The Kier molecular flexibility index (Phi) is 7.51. The predicted molar refractivity (Wildman–Crippen MR) is 174 cm³/mol. The molecule has 9 nitrogen and oxygen atoms in total. The van der Waals surface area contributed by atoms with Crippen LogP contribution in [-0.4, -0.2) is 114 Å². The van der Waals surface area contributed by atoms with E-state index in [1.165, 1.54) is 4.90 Å². The zero-order valence-corrected chi connectivity index (χ0v) is 25.0. The largest absolute Gasteiger partial charge is 0.501 e. The fourth-order valence-electron chi connectivity index (χ4n) is 6.88. The van der Waals surface area contributed by atoms with Gasteiger partial charge in [-0.15, -0.1) is 0 Å². The molecule has 5 rings (SSSR count). The van der Waals surface area contributed by atoms with Gasteiger partial charge in [0.05, 0.1) is 18.6 Å². The van der Waals surface area contributed by atoms with Gasteiger partial charge in [-0.1, -0.05) is 34.1 Å². The van der Waals surface area contributed by atoms with E-state index in [9.17, 15) is 19.2 Å². The zero-order chi connectivity index (χ0) is 29.9. The first-order valence-corrected chi connectivity index (χ1v) is 14.2. The highest BCUT2D eigenvalue weighted by Gasteiger charge is 2.41. The standard InChI is InChI=1S/C25H32B7N3O6/c26-14-8-13(20(27)21(28)19(14)24(29,30)35-6-7-40-10-18(35)37)25(31,32)41-16-3-1-2-11-12(16)9-34(23(11)39)15-4-5-17(36)33-22(15)38/h1-3,8,15H,4-7,9-10,26-32H2,(H,33,36,38). The van der Waals surface area contributed by atoms with Crippen LogP contribution >= 0.6 is 0 Å². The fourth-order valence-corrected chi connectivity index (χ4v) is 6.88. The highest BCUT2D eigenvalue weighted by molar-refractivity contribution is 6.56. The van der Waals surface area contributed by atoms with Crippen LogP contribution in [0.2, 0.25) is 0 Å². The van der Waals surface area contributed by atoms with Gasteiger partial charge in [-0.3, -0.25) is 24.5 Å². The van der Waals surface area contributed by atoms with E-state index in [2.05, 4.69) is 50.6 Å². The maximum Gasteiger partial charge on any atom is 0.255 e. The lowest BCUT2D eigenvalue weighted by Gasteiger charge is -2.44. The molecule has 0 spiro atoms. The second kappa shape index (κ2) is 10.5. The third-order valence-corrected chi connectivity index (χ3v) is 8.92. The van der Waals surface area contributed by atoms with Crippen molar-refractivity contribution in [3.63, 3.8) is 0 Å². The number of hydrogen-bond donors (Lipinski definition) is 1. The van der Waals surface area contributed by atoms with Crippen molar-refractivity contribution >= 4 is 94.9 Å². The molecule has 204 valence electrons. The van der Waals surface area contributed by atoms with Crippen molar-refractivity contribution in [2.24, 2.45) is 0 Å². The van der Waals surface area contributed by atoms with Gasteiger partial charge in [0.2, 0.25) is 17.7 Å². The Morgan fingerprint density at radius 1 is 1.02 bits per heavy atom. The van der Waals surface area contributed by atoms with Crippen molar-refractivity contribution in [3.8, 4) is 5.75 Å². The minimum atomic E-state index is -0.753. The molecule has 1 atom stereocenters. The van der Waals surface area contributed by atoms with Crippen LogP contribution in [0, 0.1) is 0 Å². The number of amides is 4. The summed E-state index contributed by atoms with van der Waals surface area (Å²) in [5.74, 6) is -0.399. The molecule has 41 heavy (non-hydrogen) atoms. The monoisotopic (exact) mass is 547 g/mol. The summed E-state index contributed by atoms with van der Waals surface area (Å²) < 4.78 is 12.1. The number of rotatable bonds is 6. The minimum absolute atomic E-state index is 0.00993. The Balaban J connectivity index is 1.45. The highest BCUT2D eigenvalue weighted by atomic mass is 16.5. The fraction of sp³-hybridized carbons (Fsp3) is 0.360. The summed E-state index contributed by atoms with van der Waals surface area (Å²) in [6.45, 7) is 1.42. The maximum absolute atomic E-state index is 13.3. The molecule has 16 heteroatoms. The summed E-state index contributed by atoms with van der Waals surface area (Å²) >= 11 is 0. The number of nitrogens with one attached hydrogen (secondary N) is 1. The van der Waals surface area contributed by atoms with E-state index in [-0.39, 0.29) is 37.3 Å². The highest BCUT2D eigenvalue weighted by Crippen LogP contribution is 2.36. The SMILES string of the molecule is Bc1cc(C(B)(B)Oc2cccc3c2CN(C2CCC(=O)NC2=O)C3=O)c(B)c(B)c1C(B)(B)N1CCOCC1=O. The van der Waals surface area contributed by atoms with Crippen molar-refractivity contribution < 1.29 is 28.7 Å². The summed E-state index contributed by atoms with van der Waals surface area (Å²) in [5.41, 5.74) is 6.66. The Labute approximate surface area is 246 Å². The maximum atomic E-state index is 13.3. The number of nitrogens with zero attached hydrogens (tertiary/aromatic N) is 2. The van der Waals surface area contributed by atoms with Crippen LogP contribution < -0.4 is 26.4 Å². The van der Waals surface area contributed by atoms with E-state index in [0.717, 1.165) is 33.1 Å². The normalized spacial score (nSPS) is 19.8. The van der Waals surface area contributed by atoms with Gasteiger partial charge in [-0.05, 0) is 24.1 Å². The second-order valence-electron chi connectivity index (χ2n) is 12.3. The number of piperidine rings is 1. The number of morpholine rings is 1. The summed E-state index contributed by atoms with van der Waals surface area (Å²) in [6.07, 6.45) is 0.514. The van der Waals surface area contributed by atoms with Crippen LogP contribution in [0.15, 0.2) is 24.3 Å². The molecule has 1 unspecified atom stereocenters. The smallest absolute Gasteiger partial charge is 0.255 e. The molecule has 0 saturated carbocycles. The van der Waals surface area contributed by atoms with Gasteiger partial charge in [-0.2, -0.15) is 0 Å². The number of imide groups is 1. The molecule has 3 aliphatic heterocycles. The topological polar surface area (TPSA) is 105 Å². The van der Waals surface area contributed by atoms with E-state index in [4.69, 9.17) is 9.47 Å². The molecule has 2 fully saturated rings. The lowest BCUT2D eigenvalue weighted by molar-refractivity contribution is -0.145. The average molecular weight is 546 g/mol. The molecule has 2 saturated heterocycles. The van der Waals surface area contributed by atoms with Crippen molar-refractivity contribution in [2.75, 3.05) is 19.8 Å². The molecular weight excluding hydrogens is 514 g/mol. The molecule has 0 radical (unpaired) electrons. The molecule has 3 aliphatic rings. The first-order valence-electron chi connectivity index (χ1n) is 14.2. The van der Waals surface area contributed by atoms with Gasteiger partial charge in [0.25, 0.3) is 5.91 Å². The van der Waals surface area contributed by atoms with Crippen molar-refractivity contribution in [1.82, 2.24) is 15.1 Å². The summed E-state index contributed by atoms with van der Waals surface area (Å²) in [5, 5.41) is 1.09. The first-order chi connectivity index (χ1) is 19.2. The van der Waals surface area contributed by atoms with Gasteiger partial charge >= 0.3 is 0 Å². The Morgan fingerprint density at radius 3 is 2.44 bits per heavy atom. The van der Waals surface area contributed by atoms with Gasteiger partial charge in [0.1, 0.15) is 57.6 Å². The molecule has 4 amide bonds. The molecule has 0 aromatic heterocycles. The molecular formula is C25H32B7N3O6. The van der Waals surface area contributed by atoms with Crippen molar-refractivity contribution in [2.45, 2.75) is 36.2 Å². The number of ether oxygens (including phenoxy) is 2. The number of carbonyl (C=O) groups is 4. The van der Waals surface area contributed by atoms with Gasteiger partial charge in [0, 0.05) is 29.4 Å². The van der Waals surface area contributed by atoms with Crippen molar-refractivity contribution in [3.05, 3.63) is 46.5 Å². The van der Waals surface area contributed by atoms with E-state index in [0.29, 0.717) is 30.9 Å². The summed E-state index contributed by atoms with van der Waals surface area (Å²) in [7, 11) is 14.5. The number of benzene rings is 2. The van der Waals surface area contributed by atoms with E-state index in [1.807, 2.05) is 26.7 Å². The summed E-state index contributed by atoms with van der Waals surface area (Å²) in [6, 6.07) is 6.87. The molecule has 2 aromatic rings. The molecule has 1 N–H and O–H groups in total. The molecule has 0 bridgehead atoms. The lowest BCUT2D eigenvalue weighted by atomic mass is 9.49. The molecule has 0 aliphatic carbocycles. The Bertz CT molecular complexity index is 1480. The number of fused-ring (bicyclic) bond motifs is 1. The van der Waals surface area contributed by atoms with E-state index >= 15 is 0 Å². The first kappa shape index (κ1) is 29.2. The van der Waals surface area contributed by atoms with E-state index in [1.54, 1.807) is 12.1 Å². The van der Waals surface area contributed by atoms with Crippen molar-refractivity contribution in [1.29, 1.82) is 0 Å². The Morgan fingerprint density at radius 2 is 1.76 bits per heavy atom. The minimum Gasteiger partial charge on any atom is -0.501 e. The second-order valence-corrected chi connectivity index (χ2v) is 12.3. The molecule has 2 aromatic carbocycles. The zero-order valence-electron chi connectivity index (χ0n) is 25.0. The third-order valence-electron chi connectivity index (χ3n) is 8.92. The number of hydrogen-bond acceptors (Lipinski definition) is 6. The Hall–Kier alpha value is -3.27. The van der Waals surface area contributed by atoms with Crippen LogP contribution in [0.3, 0.4) is 0 Å². The quantitative estimate of drug-likeness (QED) is 0.285. The van der Waals surface area contributed by atoms with Crippen LogP contribution in [0.5, 0.6) is 5.75 Å². The van der Waals surface area contributed by atoms with Crippen LogP contribution in [0.25, 0.3) is 0 Å². The molecule has 3 heterocycles. The third kappa shape index (κ3) is 5.04. The van der Waals surface area contributed by atoms with Gasteiger partial charge in [-0.25, -0.2) is 0 Å². The van der Waals surface area contributed by atoms with Crippen LogP contribution in [0.1, 0.15) is 39.9 Å². The summed E-state index contributed by atoms with van der Waals surface area (Å²) in [4.78, 5) is 53.7. The van der Waals surface area contributed by atoms with Crippen LogP contribution in [0.4, 0.5) is 0 Å². The van der Waals surface area contributed by atoms with Gasteiger partial charge < -0.3 is 19.3 Å². The van der Waals surface area contributed by atoms with Crippen LogP contribution in [-0.2, 0) is 36.4 Å². The average Bonchev–Trinajstić information content (AvgIpc) is 3.23.